The van der Waals surface area contributed by atoms with E-state index in [1.165, 1.54) is 16.9 Å². The highest BCUT2D eigenvalue weighted by Gasteiger charge is 2.21. The van der Waals surface area contributed by atoms with Gasteiger partial charge in [0.25, 0.3) is 0 Å². The van der Waals surface area contributed by atoms with Crippen LogP contribution < -0.4 is 10.6 Å². The Morgan fingerprint density at radius 2 is 2.17 bits per heavy atom. The fourth-order valence-corrected chi connectivity index (χ4v) is 3.71. The third kappa shape index (κ3) is 5.51. The largest absolute Gasteiger partial charge is 0.354 e. The number of rotatable bonds is 6. The van der Waals surface area contributed by atoms with Gasteiger partial charge in [0.1, 0.15) is 0 Å². The van der Waals surface area contributed by atoms with Crippen LogP contribution >= 0.6 is 11.3 Å². The number of fused-ring (bicyclic) bond motifs is 1. The fraction of sp³-hybridized carbons (Fsp3) is 0.667. The van der Waals surface area contributed by atoms with Crippen molar-refractivity contribution < 1.29 is 4.79 Å². The molecule has 0 spiro atoms. The quantitative estimate of drug-likeness (QED) is 0.612. The van der Waals surface area contributed by atoms with Crippen molar-refractivity contribution in [3.05, 3.63) is 21.9 Å². The van der Waals surface area contributed by atoms with E-state index in [9.17, 15) is 4.79 Å². The molecule has 0 saturated heterocycles. The van der Waals surface area contributed by atoms with Gasteiger partial charge in [-0.05, 0) is 49.1 Å². The molecule has 1 aliphatic rings. The molecule has 1 aromatic heterocycles. The number of hydrogen-bond donors (Lipinski definition) is 2. The van der Waals surface area contributed by atoms with E-state index in [4.69, 9.17) is 0 Å². The molecule has 0 aromatic carbocycles. The Kier molecular flexibility index (Phi) is 7.09. The lowest BCUT2D eigenvalue weighted by Gasteiger charge is -2.27. The molecule has 1 unspecified atom stereocenters. The number of carbonyl (C=O) groups excluding carboxylic acids is 1. The maximum absolute atomic E-state index is 12.4. The average Bonchev–Trinajstić information content (AvgIpc) is 3.03. The lowest BCUT2D eigenvalue weighted by molar-refractivity contribution is -0.130. The Morgan fingerprint density at radius 1 is 1.38 bits per heavy atom. The first-order valence-electron chi connectivity index (χ1n) is 8.79. The molecular weight excluding hydrogens is 320 g/mol. The second-order valence-corrected chi connectivity index (χ2v) is 7.88. The van der Waals surface area contributed by atoms with Crippen molar-refractivity contribution >= 4 is 23.2 Å². The van der Waals surface area contributed by atoms with Crippen molar-refractivity contribution in [1.29, 1.82) is 0 Å². The lowest BCUT2D eigenvalue weighted by atomic mass is 10.0. The smallest absolute Gasteiger partial charge is 0.242 e. The number of aliphatic imine (C=N–C) groups is 1. The van der Waals surface area contributed by atoms with E-state index in [1.807, 2.05) is 4.90 Å². The molecule has 5 nitrogen and oxygen atoms in total. The van der Waals surface area contributed by atoms with Crippen LogP contribution in [0.15, 0.2) is 16.4 Å². The summed E-state index contributed by atoms with van der Waals surface area (Å²) < 4.78 is 0. The van der Waals surface area contributed by atoms with Crippen molar-refractivity contribution in [1.82, 2.24) is 15.5 Å². The zero-order valence-corrected chi connectivity index (χ0v) is 16.1. The third-order valence-electron chi connectivity index (χ3n) is 4.35. The topological polar surface area (TPSA) is 56.7 Å². The molecule has 0 radical (unpaired) electrons. The van der Waals surface area contributed by atoms with Crippen LogP contribution in [0, 0.1) is 5.92 Å². The molecule has 134 valence electrons. The first-order chi connectivity index (χ1) is 11.5. The zero-order valence-electron chi connectivity index (χ0n) is 15.3. The molecule has 1 atom stereocenters. The summed E-state index contributed by atoms with van der Waals surface area (Å²) in [4.78, 5) is 20.0. The molecule has 1 aromatic rings. The minimum absolute atomic E-state index is 0.129. The number of hydrogen-bond acceptors (Lipinski definition) is 3. The van der Waals surface area contributed by atoms with E-state index in [2.05, 4.69) is 47.8 Å². The summed E-state index contributed by atoms with van der Waals surface area (Å²) in [5.74, 6) is 1.53. The molecule has 2 N–H and O–H groups in total. The van der Waals surface area contributed by atoms with E-state index in [-0.39, 0.29) is 12.5 Å². The monoisotopic (exact) mass is 350 g/mol. The second-order valence-electron chi connectivity index (χ2n) is 6.88. The van der Waals surface area contributed by atoms with Gasteiger partial charge in [-0.25, -0.2) is 0 Å². The number of carbonyl (C=O) groups is 1. The summed E-state index contributed by atoms with van der Waals surface area (Å²) in [5.41, 5.74) is 1.30. The van der Waals surface area contributed by atoms with Crippen molar-refractivity contribution in [2.75, 3.05) is 20.1 Å². The first-order valence-corrected chi connectivity index (χ1v) is 9.67. The Morgan fingerprint density at radius 3 is 2.88 bits per heavy atom. The molecule has 2 heterocycles. The van der Waals surface area contributed by atoms with Gasteiger partial charge in [-0.1, -0.05) is 13.8 Å². The highest BCUT2D eigenvalue weighted by Crippen LogP contribution is 2.23. The minimum atomic E-state index is 0.129. The van der Waals surface area contributed by atoms with Crippen LogP contribution in [0.5, 0.6) is 0 Å². The minimum Gasteiger partial charge on any atom is -0.354 e. The number of guanidine groups is 1. The van der Waals surface area contributed by atoms with Gasteiger partial charge in [-0.3, -0.25) is 9.79 Å². The van der Waals surface area contributed by atoms with Crippen LogP contribution in [0.3, 0.4) is 0 Å². The van der Waals surface area contributed by atoms with Gasteiger partial charge in [-0.2, -0.15) is 0 Å². The number of amides is 1. The molecule has 0 bridgehead atoms. The maximum Gasteiger partial charge on any atom is 0.242 e. The summed E-state index contributed by atoms with van der Waals surface area (Å²) >= 11 is 1.79. The van der Waals surface area contributed by atoms with Crippen LogP contribution in [-0.2, 0) is 17.8 Å². The van der Waals surface area contributed by atoms with Gasteiger partial charge in [-0.15, -0.1) is 11.3 Å². The summed E-state index contributed by atoms with van der Waals surface area (Å²) in [6.45, 7) is 8.45. The van der Waals surface area contributed by atoms with Crippen molar-refractivity contribution in [2.24, 2.45) is 10.9 Å². The normalized spacial score (nSPS) is 16.0. The molecule has 6 heteroatoms. The molecule has 1 amide bonds. The van der Waals surface area contributed by atoms with Crippen molar-refractivity contribution in [3.63, 3.8) is 0 Å². The van der Waals surface area contributed by atoms with Crippen LogP contribution in [0.4, 0.5) is 0 Å². The van der Waals surface area contributed by atoms with Crippen LogP contribution in [-0.4, -0.2) is 42.9 Å². The molecule has 0 saturated carbocycles. The maximum atomic E-state index is 12.4. The highest BCUT2D eigenvalue weighted by molar-refractivity contribution is 7.10. The van der Waals surface area contributed by atoms with Gasteiger partial charge in [0.2, 0.25) is 5.91 Å². The van der Waals surface area contributed by atoms with E-state index in [0.717, 1.165) is 25.9 Å². The molecule has 2 rings (SSSR count). The van der Waals surface area contributed by atoms with Gasteiger partial charge in [0.05, 0.1) is 6.54 Å². The zero-order chi connectivity index (χ0) is 17.5. The summed E-state index contributed by atoms with van der Waals surface area (Å²) in [5, 5.41) is 8.63. The van der Waals surface area contributed by atoms with Gasteiger partial charge in [0.15, 0.2) is 5.96 Å². The Bertz CT molecular complexity index is 567. The third-order valence-corrected chi connectivity index (χ3v) is 5.37. The number of thiophene rings is 1. The summed E-state index contributed by atoms with van der Waals surface area (Å²) in [6, 6.07) is 2.47. The summed E-state index contributed by atoms with van der Waals surface area (Å²) in [6.07, 6.45) is 3.25. The number of nitrogens with one attached hydrogen (secondary N) is 2. The Balaban J connectivity index is 1.76. The second kappa shape index (κ2) is 9.06. The standard InChI is InChI=1S/C18H30N4OS/c1-13(2)5-6-14(3)21-18(19-4)20-11-17(23)22-9-7-16-15(12-22)8-10-24-16/h8,10,13-14H,5-7,9,11-12H2,1-4H3,(H2,19,20,21). The van der Waals surface area contributed by atoms with Gasteiger partial charge in [0, 0.05) is 31.1 Å². The fourth-order valence-electron chi connectivity index (χ4n) is 2.82. The molecule has 0 fully saturated rings. The van der Waals surface area contributed by atoms with Crippen LogP contribution in [0.25, 0.3) is 0 Å². The molecule has 24 heavy (non-hydrogen) atoms. The molecule has 0 aliphatic carbocycles. The predicted octanol–water partition coefficient (Wildman–Crippen LogP) is 2.62. The lowest BCUT2D eigenvalue weighted by Crippen LogP contribution is -2.47. The van der Waals surface area contributed by atoms with Crippen LogP contribution in [0.1, 0.15) is 44.1 Å². The number of nitrogens with zero attached hydrogens (tertiary/aromatic N) is 2. The van der Waals surface area contributed by atoms with E-state index in [0.29, 0.717) is 17.9 Å². The molecular formula is C18H30N4OS. The van der Waals surface area contributed by atoms with Crippen molar-refractivity contribution in [3.8, 4) is 0 Å². The Hall–Kier alpha value is -1.56. The SMILES string of the molecule is CN=C(NCC(=O)N1CCc2sccc2C1)NC(C)CCC(C)C. The van der Waals surface area contributed by atoms with Crippen LogP contribution in [0.2, 0.25) is 0 Å². The predicted molar refractivity (Wildman–Crippen MR) is 101 cm³/mol. The molecule has 1 aliphatic heterocycles. The van der Waals surface area contributed by atoms with E-state index >= 15 is 0 Å². The first kappa shape index (κ1) is 18.8. The Labute approximate surface area is 149 Å². The van der Waals surface area contributed by atoms with E-state index < -0.39 is 0 Å². The van der Waals surface area contributed by atoms with Crippen molar-refractivity contribution in [2.45, 2.75) is 52.6 Å². The average molecular weight is 351 g/mol. The van der Waals surface area contributed by atoms with E-state index in [1.54, 1.807) is 18.4 Å². The van der Waals surface area contributed by atoms with Gasteiger partial charge < -0.3 is 15.5 Å². The summed E-state index contributed by atoms with van der Waals surface area (Å²) in [7, 11) is 1.74. The van der Waals surface area contributed by atoms with Gasteiger partial charge >= 0.3 is 0 Å². The highest BCUT2D eigenvalue weighted by atomic mass is 32.1.